The van der Waals surface area contributed by atoms with Crippen LogP contribution in [0.5, 0.6) is 0 Å². The number of carbonyl (C=O) groups excluding carboxylic acids is 1. The second kappa shape index (κ2) is 9.82. The van der Waals surface area contributed by atoms with Gasteiger partial charge in [0.25, 0.3) is 10.0 Å². The quantitative estimate of drug-likeness (QED) is 0.298. The molecule has 186 valence electrons. The summed E-state index contributed by atoms with van der Waals surface area (Å²) >= 11 is 0. The van der Waals surface area contributed by atoms with Crippen molar-refractivity contribution in [2.24, 2.45) is 0 Å². The average Bonchev–Trinajstić information content (AvgIpc) is 3.36. The highest BCUT2D eigenvalue weighted by molar-refractivity contribution is 7.92. The number of ether oxygens (including phenoxy) is 1. The van der Waals surface area contributed by atoms with Crippen molar-refractivity contribution in [3.63, 3.8) is 0 Å². The van der Waals surface area contributed by atoms with Crippen LogP contribution in [0.25, 0.3) is 33.4 Å². The largest absolute Gasteiger partial charge is 0.464 e. The number of nitrogens with one attached hydrogen (secondary N) is 2. The van der Waals surface area contributed by atoms with E-state index in [2.05, 4.69) is 31.8 Å². The molecule has 5 aromatic rings. The number of hydrogen-bond donors (Lipinski definition) is 2. The summed E-state index contributed by atoms with van der Waals surface area (Å²) in [6.07, 6.45) is 3.90. The maximum Gasteiger partial charge on any atom is 0.357 e. The molecule has 0 amide bonds. The Bertz CT molecular complexity index is 1680. The van der Waals surface area contributed by atoms with Gasteiger partial charge in [0.15, 0.2) is 5.69 Å². The van der Waals surface area contributed by atoms with Crippen molar-refractivity contribution in [2.45, 2.75) is 18.2 Å². The number of fused-ring (bicyclic) bond motifs is 1. The van der Waals surface area contributed by atoms with E-state index in [-0.39, 0.29) is 10.6 Å². The number of methoxy groups -OCH3 is 1. The smallest absolute Gasteiger partial charge is 0.357 e. The highest BCUT2D eigenvalue weighted by Crippen LogP contribution is 2.32. The van der Waals surface area contributed by atoms with Crippen LogP contribution in [0.1, 0.15) is 23.0 Å². The number of aromatic nitrogens is 4. The SMILES string of the molecule is CCc1ccc(-c2n[nH]c3cc(-c4ccc(S(=O)(=O)Nc5cccnc5)cc4)nc(C(=O)OC)c23)cc1. The van der Waals surface area contributed by atoms with Crippen molar-refractivity contribution in [1.29, 1.82) is 0 Å². The van der Waals surface area contributed by atoms with Crippen LogP contribution in [0.3, 0.4) is 0 Å². The van der Waals surface area contributed by atoms with Crippen LogP contribution in [-0.4, -0.2) is 41.7 Å². The maximum absolute atomic E-state index is 12.8. The molecule has 0 saturated heterocycles. The molecule has 0 atom stereocenters. The van der Waals surface area contributed by atoms with Crippen LogP contribution in [0.15, 0.2) is 84.0 Å². The molecule has 0 saturated carbocycles. The summed E-state index contributed by atoms with van der Waals surface area (Å²) in [6, 6.07) is 19.2. The van der Waals surface area contributed by atoms with Gasteiger partial charge in [0.2, 0.25) is 0 Å². The average molecular weight is 514 g/mol. The maximum atomic E-state index is 12.8. The number of nitrogens with zero attached hydrogens (tertiary/aromatic N) is 3. The zero-order chi connectivity index (χ0) is 26.0. The molecule has 3 heterocycles. The molecule has 0 unspecified atom stereocenters. The monoisotopic (exact) mass is 513 g/mol. The highest BCUT2D eigenvalue weighted by atomic mass is 32.2. The van der Waals surface area contributed by atoms with Crippen LogP contribution >= 0.6 is 0 Å². The third-order valence-electron chi connectivity index (χ3n) is 5.93. The van der Waals surface area contributed by atoms with Crippen molar-refractivity contribution in [3.8, 4) is 22.5 Å². The predicted octanol–water partition coefficient (Wildman–Crippen LogP) is 4.84. The Balaban J connectivity index is 1.53. The number of hydrogen-bond acceptors (Lipinski definition) is 7. The lowest BCUT2D eigenvalue weighted by Gasteiger charge is -2.10. The van der Waals surface area contributed by atoms with Crippen molar-refractivity contribution in [3.05, 3.63) is 90.4 Å². The molecule has 10 heteroatoms. The topological polar surface area (TPSA) is 127 Å². The Hall–Kier alpha value is -4.57. The molecular formula is C27H23N5O4S. The molecule has 0 spiro atoms. The predicted molar refractivity (Wildman–Crippen MR) is 141 cm³/mol. The first-order chi connectivity index (χ1) is 17.9. The number of aromatic amines is 1. The van der Waals surface area contributed by atoms with Gasteiger partial charge >= 0.3 is 5.97 Å². The first kappa shape index (κ1) is 24.1. The van der Waals surface area contributed by atoms with E-state index in [9.17, 15) is 13.2 Å². The van der Waals surface area contributed by atoms with Gasteiger partial charge in [-0.3, -0.25) is 14.8 Å². The van der Waals surface area contributed by atoms with E-state index in [0.29, 0.717) is 33.5 Å². The van der Waals surface area contributed by atoms with E-state index < -0.39 is 16.0 Å². The number of rotatable bonds is 7. The summed E-state index contributed by atoms with van der Waals surface area (Å²) in [7, 11) is -2.51. The first-order valence-corrected chi connectivity index (χ1v) is 13.0. The minimum atomic E-state index is -3.81. The fourth-order valence-corrected chi connectivity index (χ4v) is 5.03. The van der Waals surface area contributed by atoms with E-state index in [1.54, 1.807) is 36.5 Å². The normalized spacial score (nSPS) is 11.4. The Labute approximate surface area is 213 Å². The number of anilines is 1. The van der Waals surface area contributed by atoms with E-state index in [1.165, 1.54) is 31.0 Å². The molecule has 2 N–H and O–H groups in total. The van der Waals surface area contributed by atoms with E-state index in [0.717, 1.165) is 12.0 Å². The zero-order valence-corrected chi connectivity index (χ0v) is 20.9. The van der Waals surface area contributed by atoms with Gasteiger partial charge in [0.05, 0.1) is 40.5 Å². The standard InChI is InChI=1S/C27H23N5O4S/c1-3-17-6-8-19(9-7-17)25-24-23(30-31-25)15-22(29-26(24)27(33)36-2)18-10-12-21(13-11-18)37(34,35)32-20-5-4-14-28-16-20/h4-16,32H,3H2,1-2H3,(H,30,31). The molecule has 0 radical (unpaired) electrons. The summed E-state index contributed by atoms with van der Waals surface area (Å²) < 4.78 is 33.0. The number of pyridine rings is 2. The molecule has 0 fully saturated rings. The fourth-order valence-electron chi connectivity index (χ4n) is 3.99. The summed E-state index contributed by atoms with van der Waals surface area (Å²) in [5, 5.41) is 8.01. The minimum absolute atomic E-state index is 0.0775. The van der Waals surface area contributed by atoms with Gasteiger partial charge in [-0.25, -0.2) is 18.2 Å². The van der Waals surface area contributed by atoms with Crippen LogP contribution < -0.4 is 4.72 Å². The lowest BCUT2D eigenvalue weighted by atomic mass is 10.0. The van der Waals surface area contributed by atoms with Gasteiger partial charge in [-0.1, -0.05) is 43.3 Å². The number of carbonyl (C=O) groups is 1. The molecule has 9 nitrogen and oxygen atoms in total. The van der Waals surface area contributed by atoms with E-state index >= 15 is 0 Å². The van der Waals surface area contributed by atoms with E-state index in [4.69, 9.17) is 4.74 Å². The van der Waals surface area contributed by atoms with Crippen molar-refractivity contribution >= 4 is 32.6 Å². The molecule has 37 heavy (non-hydrogen) atoms. The summed E-state index contributed by atoms with van der Waals surface area (Å²) in [6.45, 7) is 2.08. The number of benzene rings is 2. The number of sulfonamides is 1. The third kappa shape index (κ3) is 4.78. The van der Waals surface area contributed by atoms with Crippen molar-refractivity contribution in [1.82, 2.24) is 20.2 Å². The summed E-state index contributed by atoms with van der Waals surface area (Å²) in [5.74, 6) is -0.598. The van der Waals surface area contributed by atoms with Gasteiger partial charge < -0.3 is 4.74 Å². The molecule has 2 aromatic carbocycles. The van der Waals surface area contributed by atoms with Crippen molar-refractivity contribution < 1.29 is 17.9 Å². The Morgan fingerprint density at radius 3 is 2.41 bits per heavy atom. The number of H-pyrrole nitrogens is 1. The molecule has 5 rings (SSSR count). The van der Waals surface area contributed by atoms with Gasteiger partial charge in [0, 0.05) is 17.3 Å². The Morgan fingerprint density at radius 1 is 1.03 bits per heavy atom. The molecular weight excluding hydrogens is 490 g/mol. The molecule has 0 aliphatic carbocycles. The van der Waals surface area contributed by atoms with Gasteiger partial charge in [-0.2, -0.15) is 5.10 Å². The zero-order valence-electron chi connectivity index (χ0n) is 20.1. The van der Waals surface area contributed by atoms with Crippen LogP contribution in [0.4, 0.5) is 5.69 Å². The molecule has 3 aromatic heterocycles. The summed E-state index contributed by atoms with van der Waals surface area (Å²) in [5.41, 5.74) is 4.81. The Kier molecular flexibility index (Phi) is 6.41. The van der Waals surface area contributed by atoms with Crippen molar-refractivity contribution in [2.75, 3.05) is 11.8 Å². The number of aryl methyl sites for hydroxylation is 1. The van der Waals surface area contributed by atoms with Gasteiger partial charge in [-0.05, 0) is 42.3 Å². The lowest BCUT2D eigenvalue weighted by Crippen LogP contribution is -2.13. The Morgan fingerprint density at radius 2 is 1.76 bits per heavy atom. The van der Waals surface area contributed by atoms with Gasteiger partial charge in [0.1, 0.15) is 5.69 Å². The van der Waals surface area contributed by atoms with Crippen LogP contribution in [0, 0.1) is 0 Å². The third-order valence-corrected chi connectivity index (χ3v) is 7.33. The van der Waals surface area contributed by atoms with Crippen LogP contribution in [0.2, 0.25) is 0 Å². The fraction of sp³-hybridized carbons (Fsp3) is 0.111. The lowest BCUT2D eigenvalue weighted by molar-refractivity contribution is 0.0596. The van der Waals surface area contributed by atoms with E-state index in [1.807, 2.05) is 24.3 Å². The number of esters is 1. The highest BCUT2D eigenvalue weighted by Gasteiger charge is 2.22. The molecule has 0 aliphatic heterocycles. The van der Waals surface area contributed by atoms with Gasteiger partial charge in [-0.15, -0.1) is 0 Å². The molecule has 0 aliphatic rings. The second-order valence-corrected chi connectivity index (χ2v) is 9.95. The molecule has 0 bridgehead atoms. The summed E-state index contributed by atoms with van der Waals surface area (Å²) in [4.78, 5) is 21.3. The second-order valence-electron chi connectivity index (χ2n) is 8.26. The first-order valence-electron chi connectivity index (χ1n) is 11.5. The van der Waals surface area contributed by atoms with Crippen LogP contribution in [-0.2, 0) is 21.2 Å². The minimum Gasteiger partial charge on any atom is -0.464 e.